The van der Waals surface area contributed by atoms with Gasteiger partial charge in [-0.25, -0.2) is 9.97 Å². The third kappa shape index (κ3) is 2.28. The van der Waals surface area contributed by atoms with Gasteiger partial charge in [-0.3, -0.25) is 0 Å². The van der Waals surface area contributed by atoms with Gasteiger partial charge in [0.25, 0.3) is 0 Å². The minimum Gasteiger partial charge on any atom is -0.486 e. The summed E-state index contributed by atoms with van der Waals surface area (Å²) in [4.78, 5) is 12.1. The van der Waals surface area contributed by atoms with Crippen molar-refractivity contribution in [3.8, 4) is 28.8 Å². The first kappa shape index (κ1) is 13.9. The number of benzene rings is 1. The fraction of sp³-hybridized carbons (Fsp3) is 0.188. The standard InChI is InChI=1S/C16H12N4O2S.H2/c1-23-16-19-14(13-10(7-17)8-18-15(13)20-16)9-2-3-11-12(6-9)22-5-4-21-11;/h2-3,6,8H,4-5H2,1H3,(H,18,19,20);1H. The van der Waals surface area contributed by atoms with E-state index in [1.165, 1.54) is 11.8 Å². The van der Waals surface area contributed by atoms with E-state index in [2.05, 4.69) is 21.0 Å². The van der Waals surface area contributed by atoms with Gasteiger partial charge in [-0.15, -0.1) is 0 Å². The lowest BCUT2D eigenvalue weighted by molar-refractivity contribution is 0.171. The number of aromatic amines is 1. The Labute approximate surface area is 138 Å². The summed E-state index contributed by atoms with van der Waals surface area (Å²) in [6, 6.07) is 7.88. The zero-order valence-corrected chi connectivity index (χ0v) is 13.1. The fourth-order valence-electron chi connectivity index (χ4n) is 2.59. The van der Waals surface area contributed by atoms with Crippen molar-refractivity contribution in [1.82, 2.24) is 15.0 Å². The third-order valence-electron chi connectivity index (χ3n) is 3.63. The Kier molecular flexibility index (Phi) is 3.32. The lowest BCUT2D eigenvalue weighted by Gasteiger charge is -2.19. The molecule has 0 bridgehead atoms. The van der Waals surface area contributed by atoms with E-state index < -0.39 is 0 Å². The molecule has 0 spiro atoms. The molecule has 6 nitrogen and oxygen atoms in total. The highest BCUT2D eigenvalue weighted by atomic mass is 32.2. The first-order chi connectivity index (χ1) is 11.3. The van der Waals surface area contributed by atoms with Crippen molar-refractivity contribution in [2.75, 3.05) is 19.5 Å². The first-order valence-electron chi connectivity index (χ1n) is 7.03. The van der Waals surface area contributed by atoms with Crippen molar-refractivity contribution in [3.05, 3.63) is 30.0 Å². The second-order valence-electron chi connectivity index (χ2n) is 4.96. The van der Waals surface area contributed by atoms with Crippen LogP contribution in [0.5, 0.6) is 11.5 Å². The van der Waals surface area contributed by atoms with E-state index in [1.807, 2.05) is 24.5 Å². The van der Waals surface area contributed by atoms with E-state index in [-0.39, 0.29) is 1.43 Å². The molecule has 7 heteroatoms. The van der Waals surface area contributed by atoms with Crippen LogP contribution in [0.2, 0.25) is 0 Å². The lowest BCUT2D eigenvalue weighted by Crippen LogP contribution is -2.15. The Bertz CT molecular complexity index is 951. The molecule has 0 saturated heterocycles. The Morgan fingerprint density at radius 3 is 2.87 bits per heavy atom. The summed E-state index contributed by atoms with van der Waals surface area (Å²) in [6.07, 6.45) is 3.58. The lowest BCUT2D eigenvalue weighted by atomic mass is 10.1. The van der Waals surface area contributed by atoms with Gasteiger partial charge >= 0.3 is 0 Å². The van der Waals surface area contributed by atoms with Gasteiger partial charge in [-0.1, -0.05) is 11.8 Å². The smallest absolute Gasteiger partial charge is 0.189 e. The summed E-state index contributed by atoms with van der Waals surface area (Å²) < 4.78 is 11.2. The van der Waals surface area contributed by atoms with Crippen LogP contribution in [-0.4, -0.2) is 34.4 Å². The van der Waals surface area contributed by atoms with Gasteiger partial charge in [0.15, 0.2) is 16.7 Å². The SMILES string of the molecule is CSc1nc(-c2ccc3c(c2)OCCO3)c2c(C#N)c[nH]c2n1.[HH]. The van der Waals surface area contributed by atoms with Crippen LogP contribution >= 0.6 is 11.8 Å². The molecule has 0 atom stereocenters. The van der Waals surface area contributed by atoms with Gasteiger partial charge in [0.05, 0.1) is 16.6 Å². The van der Waals surface area contributed by atoms with Crippen molar-refractivity contribution in [1.29, 1.82) is 5.26 Å². The number of hydrogen-bond donors (Lipinski definition) is 1. The summed E-state index contributed by atoms with van der Waals surface area (Å²) in [5.74, 6) is 1.42. The molecule has 1 aliphatic heterocycles. The van der Waals surface area contributed by atoms with Gasteiger partial charge in [0, 0.05) is 13.2 Å². The van der Waals surface area contributed by atoms with Gasteiger partial charge in [-0.05, 0) is 24.5 Å². The zero-order chi connectivity index (χ0) is 15.8. The number of nitrogens with zero attached hydrogens (tertiary/aromatic N) is 3. The summed E-state index contributed by atoms with van der Waals surface area (Å²) in [5.41, 5.74) is 2.77. The maximum absolute atomic E-state index is 9.34. The summed E-state index contributed by atoms with van der Waals surface area (Å²) in [5, 5.41) is 10.7. The molecule has 0 fully saturated rings. The Morgan fingerprint density at radius 1 is 1.26 bits per heavy atom. The molecule has 0 aliphatic carbocycles. The molecule has 116 valence electrons. The Hall–Kier alpha value is -2.72. The normalized spacial score (nSPS) is 13.0. The molecule has 2 aromatic heterocycles. The molecule has 0 amide bonds. The number of thioether (sulfide) groups is 1. The van der Waals surface area contributed by atoms with E-state index in [1.54, 1.807) is 6.20 Å². The second kappa shape index (κ2) is 5.48. The first-order valence-corrected chi connectivity index (χ1v) is 8.26. The molecule has 4 rings (SSSR count). The maximum Gasteiger partial charge on any atom is 0.189 e. The van der Waals surface area contributed by atoms with Crippen molar-refractivity contribution in [3.63, 3.8) is 0 Å². The highest BCUT2D eigenvalue weighted by Gasteiger charge is 2.18. The average Bonchev–Trinajstić information content (AvgIpc) is 3.03. The average molecular weight is 326 g/mol. The number of H-pyrrole nitrogens is 1. The molecular formula is C16H14N4O2S. The highest BCUT2D eigenvalue weighted by Crippen LogP contribution is 2.37. The van der Waals surface area contributed by atoms with Crippen LogP contribution in [0.1, 0.15) is 6.99 Å². The predicted molar refractivity (Wildman–Crippen MR) is 88.9 cm³/mol. The van der Waals surface area contributed by atoms with Crippen LogP contribution in [-0.2, 0) is 0 Å². The molecule has 1 N–H and O–H groups in total. The summed E-state index contributed by atoms with van der Waals surface area (Å²) in [6.45, 7) is 1.08. The molecule has 3 aromatic rings. The number of fused-ring (bicyclic) bond motifs is 2. The van der Waals surface area contributed by atoms with Crippen molar-refractivity contribution in [2.45, 2.75) is 5.16 Å². The van der Waals surface area contributed by atoms with Gasteiger partial charge in [0.1, 0.15) is 24.9 Å². The molecule has 1 aliphatic rings. The number of nitrogens with one attached hydrogen (secondary N) is 1. The quantitative estimate of drug-likeness (QED) is 0.575. The zero-order valence-electron chi connectivity index (χ0n) is 12.3. The van der Waals surface area contributed by atoms with Crippen molar-refractivity contribution in [2.24, 2.45) is 0 Å². The number of rotatable bonds is 2. The van der Waals surface area contributed by atoms with E-state index in [0.717, 1.165) is 16.7 Å². The minimum atomic E-state index is 0. The summed E-state index contributed by atoms with van der Waals surface area (Å²) >= 11 is 1.46. The number of ether oxygens (including phenoxy) is 2. The number of hydrogen-bond acceptors (Lipinski definition) is 6. The third-order valence-corrected chi connectivity index (χ3v) is 4.18. The fourth-order valence-corrected chi connectivity index (χ4v) is 2.96. The highest BCUT2D eigenvalue weighted by molar-refractivity contribution is 7.98. The molecule has 3 heterocycles. The monoisotopic (exact) mass is 326 g/mol. The predicted octanol–water partition coefficient (Wildman–Crippen LogP) is 3.24. The topological polar surface area (TPSA) is 83.8 Å². The van der Waals surface area contributed by atoms with Crippen LogP contribution in [0.3, 0.4) is 0 Å². The maximum atomic E-state index is 9.34. The van der Waals surface area contributed by atoms with Crippen LogP contribution in [0.25, 0.3) is 22.3 Å². The van der Waals surface area contributed by atoms with Crippen LogP contribution in [0.15, 0.2) is 29.6 Å². The van der Waals surface area contributed by atoms with E-state index >= 15 is 0 Å². The number of nitriles is 1. The molecule has 0 radical (unpaired) electrons. The van der Waals surface area contributed by atoms with Crippen molar-refractivity contribution >= 4 is 22.8 Å². The molecule has 0 saturated carbocycles. The van der Waals surface area contributed by atoms with E-state index in [4.69, 9.17) is 9.47 Å². The Balaban J connectivity index is 0.00000169. The van der Waals surface area contributed by atoms with Crippen LogP contribution < -0.4 is 9.47 Å². The van der Waals surface area contributed by atoms with Crippen LogP contribution in [0.4, 0.5) is 0 Å². The Morgan fingerprint density at radius 2 is 2.09 bits per heavy atom. The number of aromatic nitrogens is 3. The molecule has 1 aromatic carbocycles. The second-order valence-corrected chi connectivity index (χ2v) is 5.73. The summed E-state index contributed by atoms with van der Waals surface area (Å²) in [7, 11) is 0. The molecular weight excluding hydrogens is 312 g/mol. The van der Waals surface area contributed by atoms with E-state index in [0.29, 0.717) is 41.0 Å². The molecule has 23 heavy (non-hydrogen) atoms. The van der Waals surface area contributed by atoms with Crippen molar-refractivity contribution < 1.29 is 10.9 Å². The van der Waals surface area contributed by atoms with Gasteiger partial charge in [0.2, 0.25) is 0 Å². The molecule has 0 unspecified atom stereocenters. The minimum absolute atomic E-state index is 0. The van der Waals surface area contributed by atoms with Gasteiger partial charge in [-0.2, -0.15) is 5.26 Å². The largest absolute Gasteiger partial charge is 0.486 e. The van der Waals surface area contributed by atoms with E-state index in [9.17, 15) is 5.26 Å². The van der Waals surface area contributed by atoms with Gasteiger partial charge < -0.3 is 14.5 Å². The van der Waals surface area contributed by atoms with Crippen LogP contribution in [0, 0.1) is 11.3 Å².